The van der Waals surface area contributed by atoms with E-state index in [9.17, 15) is 0 Å². The summed E-state index contributed by atoms with van der Waals surface area (Å²) in [7, 11) is 0. The van der Waals surface area contributed by atoms with E-state index in [0.717, 1.165) is 5.76 Å². The molecule has 1 aromatic rings. The van der Waals surface area contributed by atoms with Gasteiger partial charge in [-0.15, -0.1) is 6.58 Å². The summed E-state index contributed by atoms with van der Waals surface area (Å²) in [5.41, 5.74) is -0.101. The molecule has 0 spiro atoms. The first-order valence-electron chi connectivity index (χ1n) is 3.21. The molecule has 0 fully saturated rings. The highest BCUT2D eigenvalue weighted by Crippen LogP contribution is 2.22. The second-order valence-electron chi connectivity index (χ2n) is 2.80. The maximum atomic E-state index is 4.97. The third kappa shape index (κ3) is 1.10. The van der Waals surface area contributed by atoms with Crippen LogP contribution < -0.4 is 0 Å². The normalized spacial score (nSPS) is 11.4. The molecule has 2 nitrogen and oxygen atoms in total. The lowest BCUT2D eigenvalue weighted by molar-refractivity contribution is 0.345. The summed E-state index contributed by atoms with van der Waals surface area (Å²) in [4.78, 5) is 0. The van der Waals surface area contributed by atoms with E-state index in [2.05, 4.69) is 11.7 Å². The van der Waals surface area contributed by atoms with Gasteiger partial charge in [-0.25, -0.2) is 0 Å². The molecule has 1 aromatic heterocycles. The Morgan fingerprint density at radius 2 is 2.40 bits per heavy atom. The van der Waals surface area contributed by atoms with Crippen molar-refractivity contribution in [3.63, 3.8) is 0 Å². The molecular weight excluding hydrogens is 126 g/mol. The summed E-state index contributed by atoms with van der Waals surface area (Å²) in [5.74, 6) is 0.850. The standard InChI is InChI=1S/C8H11NO/c1-4-8(2,3)7-5-6-9-10-7/h4-6H,1H2,2-3H3. The van der Waals surface area contributed by atoms with Gasteiger partial charge in [-0.2, -0.15) is 0 Å². The van der Waals surface area contributed by atoms with Gasteiger partial charge in [0.05, 0.1) is 6.20 Å². The molecule has 10 heavy (non-hydrogen) atoms. The SMILES string of the molecule is C=CC(C)(C)c1ccno1. The molecule has 0 aromatic carbocycles. The fourth-order valence-corrected chi connectivity index (χ4v) is 0.649. The summed E-state index contributed by atoms with van der Waals surface area (Å²) in [6.45, 7) is 7.76. The average molecular weight is 137 g/mol. The first-order chi connectivity index (χ1) is 4.67. The molecular formula is C8H11NO. The molecule has 0 bridgehead atoms. The van der Waals surface area contributed by atoms with E-state index in [-0.39, 0.29) is 5.41 Å². The van der Waals surface area contributed by atoms with Gasteiger partial charge in [-0.3, -0.25) is 0 Å². The van der Waals surface area contributed by atoms with Crippen LogP contribution in [0.2, 0.25) is 0 Å². The number of hydrogen-bond acceptors (Lipinski definition) is 2. The van der Waals surface area contributed by atoms with E-state index in [1.54, 1.807) is 6.20 Å². The second-order valence-corrected chi connectivity index (χ2v) is 2.80. The van der Waals surface area contributed by atoms with Gasteiger partial charge in [0.25, 0.3) is 0 Å². The van der Waals surface area contributed by atoms with Crippen molar-refractivity contribution >= 4 is 0 Å². The van der Waals surface area contributed by atoms with Crippen molar-refractivity contribution in [1.29, 1.82) is 0 Å². The lowest BCUT2D eigenvalue weighted by atomic mass is 9.91. The molecule has 0 atom stereocenters. The van der Waals surface area contributed by atoms with Crippen molar-refractivity contribution in [3.8, 4) is 0 Å². The molecule has 1 rings (SSSR count). The fraction of sp³-hybridized carbons (Fsp3) is 0.375. The average Bonchev–Trinajstić information content (AvgIpc) is 2.38. The van der Waals surface area contributed by atoms with E-state index < -0.39 is 0 Å². The summed E-state index contributed by atoms with van der Waals surface area (Å²) >= 11 is 0. The molecule has 2 heteroatoms. The number of hydrogen-bond donors (Lipinski definition) is 0. The van der Waals surface area contributed by atoms with E-state index in [4.69, 9.17) is 4.52 Å². The lowest BCUT2D eigenvalue weighted by Gasteiger charge is -2.13. The van der Waals surface area contributed by atoms with Crippen molar-refractivity contribution < 1.29 is 4.52 Å². The predicted molar refractivity (Wildman–Crippen MR) is 39.7 cm³/mol. The molecule has 0 saturated carbocycles. The minimum absolute atomic E-state index is 0.101. The maximum absolute atomic E-state index is 4.97. The lowest BCUT2D eigenvalue weighted by Crippen LogP contribution is -2.11. The Bertz CT molecular complexity index is 211. The van der Waals surface area contributed by atoms with Gasteiger partial charge in [0.2, 0.25) is 0 Å². The molecule has 0 amide bonds. The molecule has 0 radical (unpaired) electrons. The smallest absolute Gasteiger partial charge is 0.146 e. The Morgan fingerprint density at radius 3 is 2.80 bits per heavy atom. The van der Waals surface area contributed by atoms with Gasteiger partial charge in [0, 0.05) is 11.5 Å². The molecule has 0 aliphatic rings. The summed E-state index contributed by atoms with van der Waals surface area (Å²) in [5, 5.41) is 3.61. The van der Waals surface area contributed by atoms with E-state index >= 15 is 0 Å². The Kier molecular flexibility index (Phi) is 1.62. The molecule has 54 valence electrons. The Labute approximate surface area is 60.5 Å². The monoisotopic (exact) mass is 137 g/mol. The third-order valence-electron chi connectivity index (χ3n) is 1.58. The van der Waals surface area contributed by atoms with Gasteiger partial charge in [0.1, 0.15) is 5.76 Å². The summed E-state index contributed by atoms with van der Waals surface area (Å²) in [6.07, 6.45) is 3.48. The van der Waals surface area contributed by atoms with Crippen LogP contribution in [-0.2, 0) is 5.41 Å². The van der Waals surface area contributed by atoms with Gasteiger partial charge < -0.3 is 4.52 Å². The third-order valence-corrected chi connectivity index (χ3v) is 1.58. The van der Waals surface area contributed by atoms with Crippen LogP contribution in [0.1, 0.15) is 19.6 Å². The van der Waals surface area contributed by atoms with Gasteiger partial charge in [-0.1, -0.05) is 11.2 Å². The van der Waals surface area contributed by atoms with E-state index in [1.165, 1.54) is 0 Å². The molecule has 0 N–H and O–H groups in total. The van der Waals surface area contributed by atoms with Crippen molar-refractivity contribution in [2.45, 2.75) is 19.3 Å². The van der Waals surface area contributed by atoms with Crippen LogP contribution in [0.5, 0.6) is 0 Å². The van der Waals surface area contributed by atoms with Crippen LogP contribution >= 0.6 is 0 Å². The number of nitrogens with zero attached hydrogens (tertiary/aromatic N) is 1. The number of rotatable bonds is 2. The van der Waals surface area contributed by atoms with Crippen LogP contribution in [0.4, 0.5) is 0 Å². The van der Waals surface area contributed by atoms with Gasteiger partial charge in [0.15, 0.2) is 0 Å². The van der Waals surface area contributed by atoms with Gasteiger partial charge in [-0.05, 0) is 13.8 Å². The molecule has 0 aliphatic heterocycles. The molecule has 0 saturated heterocycles. The highest BCUT2D eigenvalue weighted by Gasteiger charge is 2.19. The van der Waals surface area contributed by atoms with E-state index in [1.807, 2.05) is 26.0 Å². The highest BCUT2D eigenvalue weighted by atomic mass is 16.5. The zero-order chi connectivity index (χ0) is 7.61. The van der Waals surface area contributed by atoms with Crippen LogP contribution in [0.3, 0.4) is 0 Å². The molecule has 0 aliphatic carbocycles. The topological polar surface area (TPSA) is 26.0 Å². The zero-order valence-corrected chi connectivity index (χ0v) is 6.29. The number of allylic oxidation sites excluding steroid dienone is 1. The second kappa shape index (κ2) is 2.29. The minimum atomic E-state index is -0.101. The zero-order valence-electron chi connectivity index (χ0n) is 6.29. The molecule has 1 heterocycles. The quantitative estimate of drug-likeness (QED) is 0.583. The Hall–Kier alpha value is -1.05. The van der Waals surface area contributed by atoms with Crippen LogP contribution in [0.15, 0.2) is 29.4 Å². The summed E-state index contributed by atoms with van der Waals surface area (Å²) < 4.78 is 4.97. The highest BCUT2D eigenvalue weighted by molar-refractivity contribution is 5.15. The van der Waals surface area contributed by atoms with Crippen molar-refractivity contribution in [2.75, 3.05) is 0 Å². The van der Waals surface area contributed by atoms with Crippen molar-refractivity contribution in [1.82, 2.24) is 5.16 Å². The van der Waals surface area contributed by atoms with Crippen LogP contribution in [0.25, 0.3) is 0 Å². The van der Waals surface area contributed by atoms with Crippen molar-refractivity contribution in [2.24, 2.45) is 0 Å². The fourth-order valence-electron chi connectivity index (χ4n) is 0.649. The number of aromatic nitrogens is 1. The van der Waals surface area contributed by atoms with Crippen LogP contribution in [0, 0.1) is 0 Å². The first kappa shape index (κ1) is 7.06. The largest absolute Gasteiger partial charge is 0.361 e. The molecule has 0 unspecified atom stereocenters. The van der Waals surface area contributed by atoms with Crippen LogP contribution in [-0.4, -0.2) is 5.16 Å². The first-order valence-corrected chi connectivity index (χ1v) is 3.21. The Balaban J connectivity index is 2.95. The van der Waals surface area contributed by atoms with Gasteiger partial charge >= 0.3 is 0 Å². The minimum Gasteiger partial charge on any atom is -0.361 e. The predicted octanol–water partition coefficient (Wildman–Crippen LogP) is 2.14. The van der Waals surface area contributed by atoms with E-state index in [0.29, 0.717) is 0 Å². The summed E-state index contributed by atoms with van der Waals surface area (Å²) in [6, 6.07) is 1.85. The maximum Gasteiger partial charge on any atom is 0.146 e. The van der Waals surface area contributed by atoms with Crippen molar-refractivity contribution in [3.05, 3.63) is 30.7 Å². The Morgan fingerprint density at radius 1 is 1.70 bits per heavy atom.